The number of nitrogens with one attached hydrogen (secondary N) is 1. The number of alkyl halides is 1. The number of amides is 1. The lowest BCUT2D eigenvalue weighted by atomic mass is 10.3. The standard InChI is InChI=1S/C8H14BrNO3/c1-6(9)8(11)10-7-4-12-2-3-13-5-7/h6-7H,2-5H2,1H3,(H,10,11). The van der Waals surface area contributed by atoms with Crippen LogP contribution in [0.25, 0.3) is 0 Å². The van der Waals surface area contributed by atoms with E-state index in [0.717, 1.165) is 0 Å². The molecule has 13 heavy (non-hydrogen) atoms. The Bertz CT molecular complexity index is 167. The minimum Gasteiger partial charge on any atom is -0.377 e. The molecule has 4 nitrogen and oxygen atoms in total. The lowest BCUT2D eigenvalue weighted by Crippen LogP contribution is -2.43. The van der Waals surface area contributed by atoms with Crippen molar-refractivity contribution in [2.24, 2.45) is 0 Å². The SMILES string of the molecule is CC(Br)C(=O)NC1COCCOC1. The summed E-state index contributed by atoms with van der Waals surface area (Å²) < 4.78 is 10.5. The number of ether oxygens (including phenoxy) is 2. The summed E-state index contributed by atoms with van der Waals surface area (Å²) in [6, 6.07) is -0.0185. The van der Waals surface area contributed by atoms with Gasteiger partial charge in [0.1, 0.15) is 0 Å². The van der Waals surface area contributed by atoms with E-state index in [4.69, 9.17) is 9.47 Å². The van der Waals surface area contributed by atoms with Crippen LogP contribution in [0.15, 0.2) is 0 Å². The Balaban J connectivity index is 2.29. The summed E-state index contributed by atoms with van der Waals surface area (Å²) >= 11 is 3.19. The second-order valence-corrected chi connectivity index (χ2v) is 4.34. The third-order valence-corrected chi connectivity index (χ3v) is 2.13. The van der Waals surface area contributed by atoms with Gasteiger partial charge in [0, 0.05) is 0 Å². The Kier molecular flexibility index (Phi) is 4.69. The van der Waals surface area contributed by atoms with Gasteiger partial charge in [0.05, 0.1) is 37.3 Å². The van der Waals surface area contributed by atoms with Crippen LogP contribution < -0.4 is 5.32 Å². The minimum atomic E-state index is -0.171. The van der Waals surface area contributed by atoms with Crippen LogP contribution in [0.2, 0.25) is 0 Å². The predicted octanol–water partition coefficient (Wildman–Crippen LogP) is 0.301. The van der Waals surface area contributed by atoms with Gasteiger partial charge in [-0.3, -0.25) is 4.79 Å². The van der Waals surface area contributed by atoms with E-state index >= 15 is 0 Å². The van der Waals surface area contributed by atoms with Crippen LogP contribution in [-0.4, -0.2) is 43.2 Å². The molecule has 0 aromatic carbocycles. The van der Waals surface area contributed by atoms with Crippen LogP contribution in [0.4, 0.5) is 0 Å². The average Bonchev–Trinajstić information content (AvgIpc) is 2.32. The maximum absolute atomic E-state index is 11.3. The van der Waals surface area contributed by atoms with E-state index in [-0.39, 0.29) is 16.8 Å². The molecule has 0 aromatic rings. The largest absolute Gasteiger partial charge is 0.377 e. The Labute approximate surface area is 86.1 Å². The summed E-state index contributed by atoms with van der Waals surface area (Å²) in [6.45, 7) is 4.07. The predicted molar refractivity (Wildman–Crippen MR) is 52.0 cm³/mol. The van der Waals surface area contributed by atoms with Crippen LogP contribution in [0.1, 0.15) is 6.92 Å². The quantitative estimate of drug-likeness (QED) is 0.719. The second kappa shape index (κ2) is 5.57. The van der Waals surface area contributed by atoms with Crippen molar-refractivity contribution in [2.45, 2.75) is 17.8 Å². The molecule has 1 heterocycles. The van der Waals surface area contributed by atoms with Gasteiger partial charge in [0.25, 0.3) is 0 Å². The topological polar surface area (TPSA) is 47.6 Å². The smallest absolute Gasteiger partial charge is 0.233 e. The third kappa shape index (κ3) is 4.06. The Morgan fingerprint density at radius 2 is 2.00 bits per heavy atom. The minimum absolute atomic E-state index is 0.0185. The highest BCUT2D eigenvalue weighted by Gasteiger charge is 2.17. The molecule has 0 saturated carbocycles. The molecule has 0 spiro atoms. The van der Waals surface area contributed by atoms with Gasteiger partial charge in [-0.15, -0.1) is 0 Å². The van der Waals surface area contributed by atoms with Crippen LogP contribution in [0, 0.1) is 0 Å². The molecule has 0 aliphatic carbocycles. The molecule has 0 aromatic heterocycles. The number of carbonyl (C=O) groups excluding carboxylic acids is 1. The number of carbonyl (C=O) groups is 1. The molecule has 0 radical (unpaired) electrons. The first-order valence-corrected chi connectivity index (χ1v) is 5.21. The number of halogens is 1. The fourth-order valence-electron chi connectivity index (χ4n) is 1.02. The van der Waals surface area contributed by atoms with Crippen molar-refractivity contribution in [1.29, 1.82) is 0 Å². The zero-order valence-electron chi connectivity index (χ0n) is 7.59. The highest BCUT2D eigenvalue weighted by molar-refractivity contribution is 9.10. The maximum atomic E-state index is 11.3. The van der Waals surface area contributed by atoms with Crippen molar-refractivity contribution in [3.8, 4) is 0 Å². The second-order valence-electron chi connectivity index (χ2n) is 2.97. The molecule has 76 valence electrons. The lowest BCUT2D eigenvalue weighted by Gasteiger charge is -2.15. The number of hydrogen-bond donors (Lipinski definition) is 1. The number of hydrogen-bond acceptors (Lipinski definition) is 3. The zero-order valence-corrected chi connectivity index (χ0v) is 9.17. The van der Waals surface area contributed by atoms with Gasteiger partial charge in [-0.05, 0) is 6.92 Å². The maximum Gasteiger partial charge on any atom is 0.233 e. The summed E-state index contributed by atoms with van der Waals surface area (Å²) in [6.07, 6.45) is 0. The van der Waals surface area contributed by atoms with Crippen molar-refractivity contribution in [3.63, 3.8) is 0 Å². The molecule has 1 fully saturated rings. The number of rotatable bonds is 2. The van der Waals surface area contributed by atoms with Gasteiger partial charge >= 0.3 is 0 Å². The van der Waals surface area contributed by atoms with Crippen molar-refractivity contribution in [2.75, 3.05) is 26.4 Å². The average molecular weight is 252 g/mol. The molecule has 1 saturated heterocycles. The molecule has 1 amide bonds. The van der Waals surface area contributed by atoms with Crippen molar-refractivity contribution >= 4 is 21.8 Å². The summed E-state index contributed by atoms with van der Waals surface area (Å²) in [7, 11) is 0. The molecular formula is C8H14BrNO3. The molecule has 0 bridgehead atoms. The summed E-state index contributed by atoms with van der Waals surface area (Å²) in [5.74, 6) is -0.0286. The zero-order chi connectivity index (χ0) is 9.68. The van der Waals surface area contributed by atoms with E-state index in [1.54, 1.807) is 6.92 Å². The summed E-state index contributed by atoms with van der Waals surface area (Å²) in [4.78, 5) is 11.1. The van der Waals surface area contributed by atoms with Gasteiger partial charge < -0.3 is 14.8 Å². The van der Waals surface area contributed by atoms with E-state index in [0.29, 0.717) is 26.4 Å². The fraction of sp³-hybridized carbons (Fsp3) is 0.875. The van der Waals surface area contributed by atoms with Crippen LogP contribution in [-0.2, 0) is 14.3 Å². The molecule has 1 aliphatic heterocycles. The molecule has 1 N–H and O–H groups in total. The first kappa shape index (κ1) is 10.9. The Morgan fingerprint density at radius 1 is 1.46 bits per heavy atom. The van der Waals surface area contributed by atoms with Crippen molar-refractivity contribution < 1.29 is 14.3 Å². The normalized spacial score (nSPS) is 22.0. The summed E-state index contributed by atoms with van der Waals surface area (Å²) in [5.41, 5.74) is 0. The monoisotopic (exact) mass is 251 g/mol. The fourth-order valence-corrected chi connectivity index (χ4v) is 1.15. The molecular weight excluding hydrogens is 238 g/mol. The third-order valence-electron chi connectivity index (χ3n) is 1.72. The van der Waals surface area contributed by atoms with Gasteiger partial charge in [-0.2, -0.15) is 0 Å². The van der Waals surface area contributed by atoms with Gasteiger partial charge in [-0.25, -0.2) is 0 Å². The van der Waals surface area contributed by atoms with Gasteiger partial charge in [-0.1, -0.05) is 15.9 Å². The van der Waals surface area contributed by atoms with Crippen LogP contribution in [0.5, 0.6) is 0 Å². The first-order chi connectivity index (χ1) is 6.20. The molecule has 1 atom stereocenters. The van der Waals surface area contributed by atoms with Crippen LogP contribution >= 0.6 is 15.9 Å². The van der Waals surface area contributed by atoms with Gasteiger partial charge in [0.2, 0.25) is 5.91 Å². The van der Waals surface area contributed by atoms with E-state index in [1.807, 2.05) is 0 Å². The van der Waals surface area contributed by atoms with Gasteiger partial charge in [0.15, 0.2) is 0 Å². The first-order valence-electron chi connectivity index (χ1n) is 4.30. The van der Waals surface area contributed by atoms with Crippen molar-refractivity contribution in [3.05, 3.63) is 0 Å². The van der Waals surface area contributed by atoms with E-state index < -0.39 is 0 Å². The van der Waals surface area contributed by atoms with Crippen LogP contribution in [0.3, 0.4) is 0 Å². The molecule has 1 rings (SSSR count). The lowest BCUT2D eigenvalue weighted by molar-refractivity contribution is -0.121. The Morgan fingerprint density at radius 3 is 2.46 bits per heavy atom. The van der Waals surface area contributed by atoms with E-state index in [2.05, 4.69) is 21.2 Å². The van der Waals surface area contributed by atoms with Crippen molar-refractivity contribution in [1.82, 2.24) is 5.32 Å². The highest BCUT2D eigenvalue weighted by Crippen LogP contribution is 2.00. The molecule has 1 unspecified atom stereocenters. The summed E-state index contributed by atoms with van der Waals surface area (Å²) in [5, 5.41) is 2.82. The Hall–Kier alpha value is -0.130. The molecule has 5 heteroatoms. The molecule has 1 aliphatic rings. The van der Waals surface area contributed by atoms with E-state index in [9.17, 15) is 4.79 Å². The van der Waals surface area contributed by atoms with E-state index in [1.165, 1.54) is 0 Å². The highest BCUT2D eigenvalue weighted by atomic mass is 79.9.